The van der Waals surface area contributed by atoms with Crippen LogP contribution < -0.4 is 21.6 Å². The molecule has 1 aliphatic heterocycles. The molecule has 3 rings (SSSR count). The molecule has 1 aliphatic rings. The van der Waals surface area contributed by atoms with Gasteiger partial charge in [0.15, 0.2) is 0 Å². The summed E-state index contributed by atoms with van der Waals surface area (Å²) < 4.78 is 0. The van der Waals surface area contributed by atoms with E-state index in [1.807, 2.05) is 6.07 Å². The van der Waals surface area contributed by atoms with Gasteiger partial charge in [-0.3, -0.25) is 19.5 Å². The number of carbonyl (C=O) groups excluding carboxylic acids is 2. The van der Waals surface area contributed by atoms with Crippen LogP contribution in [0.3, 0.4) is 0 Å². The van der Waals surface area contributed by atoms with Gasteiger partial charge in [0, 0.05) is 11.4 Å². The summed E-state index contributed by atoms with van der Waals surface area (Å²) in [5, 5.41) is 14.5. The largest absolute Gasteiger partial charge is 0.480 e. The predicted molar refractivity (Wildman–Crippen MR) is 116 cm³/mol. The second-order valence-corrected chi connectivity index (χ2v) is 7.29. The van der Waals surface area contributed by atoms with Crippen molar-refractivity contribution in [3.05, 3.63) is 59.1 Å². The highest BCUT2D eigenvalue weighted by Crippen LogP contribution is 2.32. The molecule has 10 nitrogen and oxygen atoms in total. The maximum Gasteiger partial charge on any atom is 0.326 e. The Morgan fingerprint density at radius 3 is 2.55 bits per heavy atom. The highest BCUT2D eigenvalue weighted by Gasteiger charge is 2.38. The van der Waals surface area contributed by atoms with E-state index in [0.29, 0.717) is 10.7 Å². The number of piperazine rings is 1. The second-order valence-electron chi connectivity index (χ2n) is 6.85. The van der Waals surface area contributed by atoms with E-state index >= 15 is 0 Å². The Morgan fingerprint density at radius 1 is 1.19 bits per heavy atom. The van der Waals surface area contributed by atoms with Crippen LogP contribution in [0.4, 0.5) is 11.4 Å². The number of amides is 2. The van der Waals surface area contributed by atoms with E-state index in [9.17, 15) is 19.5 Å². The van der Waals surface area contributed by atoms with Gasteiger partial charge in [-0.25, -0.2) is 10.6 Å². The Morgan fingerprint density at radius 2 is 1.90 bits per heavy atom. The summed E-state index contributed by atoms with van der Waals surface area (Å²) in [6.45, 7) is -0.761. The molecule has 0 spiro atoms. The lowest BCUT2D eigenvalue weighted by Gasteiger charge is -2.38. The Bertz CT molecular complexity index is 1020. The van der Waals surface area contributed by atoms with Gasteiger partial charge in [-0.2, -0.15) is 5.10 Å². The standard InChI is InChI=1S/C20H21ClN6O4/c21-14-6-7-15(27(23)12-24-22)16(9-14)25-10-19(29)26(11-18(25)28)17(20(30)31)8-13-4-2-1-3-5-13/h1-7,9,12,17H,8,10-11,22-23H2,(H,30,31)/b24-12-. The lowest BCUT2D eigenvalue weighted by molar-refractivity contribution is -0.152. The van der Waals surface area contributed by atoms with Gasteiger partial charge in [0.05, 0.1) is 11.4 Å². The average molecular weight is 445 g/mol. The number of hydrazine groups is 1. The number of carboxylic acid groups (broad SMARTS) is 1. The van der Waals surface area contributed by atoms with Gasteiger partial charge in [-0.1, -0.05) is 41.9 Å². The molecular weight excluding hydrogens is 424 g/mol. The van der Waals surface area contributed by atoms with E-state index in [1.54, 1.807) is 36.4 Å². The number of hydrogen-bond acceptors (Lipinski definition) is 6. The quantitative estimate of drug-likeness (QED) is 0.247. The van der Waals surface area contributed by atoms with Crippen LogP contribution in [0, 0.1) is 0 Å². The van der Waals surface area contributed by atoms with Crippen molar-refractivity contribution in [3.8, 4) is 0 Å². The first-order valence-electron chi connectivity index (χ1n) is 9.25. The van der Waals surface area contributed by atoms with E-state index in [0.717, 1.165) is 21.8 Å². The summed E-state index contributed by atoms with van der Waals surface area (Å²) in [6.07, 6.45) is 1.22. The minimum absolute atomic E-state index is 0.0845. The van der Waals surface area contributed by atoms with Crippen LogP contribution in [-0.4, -0.2) is 53.3 Å². The molecule has 1 unspecified atom stereocenters. The van der Waals surface area contributed by atoms with Gasteiger partial charge >= 0.3 is 5.97 Å². The molecule has 5 N–H and O–H groups in total. The normalized spacial score (nSPS) is 15.4. The monoisotopic (exact) mass is 444 g/mol. The average Bonchev–Trinajstić information content (AvgIpc) is 2.74. The van der Waals surface area contributed by atoms with Crippen molar-refractivity contribution in [3.63, 3.8) is 0 Å². The maximum absolute atomic E-state index is 13.0. The van der Waals surface area contributed by atoms with Crippen molar-refractivity contribution in [2.75, 3.05) is 23.0 Å². The number of benzene rings is 2. The third kappa shape index (κ3) is 4.93. The first kappa shape index (κ1) is 22.1. The smallest absolute Gasteiger partial charge is 0.326 e. The van der Waals surface area contributed by atoms with Crippen LogP contribution in [0.2, 0.25) is 5.02 Å². The molecule has 0 aliphatic carbocycles. The van der Waals surface area contributed by atoms with Crippen molar-refractivity contribution in [2.24, 2.45) is 16.8 Å². The number of hydrogen-bond donors (Lipinski definition) is 3. The molecule has 31 heavy (non-hydrogen) atoms. The molecule has 0 bridgehead atoms. The molecule has 0 aromatic heterocycles. The molecule has 2 aromatic carbocycles. The minimum atomic E-state index is -1.19. The molecule has 0 radical (unpaired) electrons. The third-order valence-electron chi connectivity index (χ3n) is 4.85. The van der Waals surface area contributed by atoms with Gasteiger partial charge in [0.1, 0.15) is 25.5 Å². The fourth-order valence-corrected chi connectivity index (χ4v) is 3.54. The molecule has 162 valence electrons. The second kappa shape index (κ2) is 9.45. The Labute approximate surface area is 183 Å². The van der Waals surface area contributed by atoms with Crippen molar-refractivity contribution < 1.29 is 19.5 Å². The van der Waals surface area contributed by atoms with Crippen molar-refractivity contribution >= 4 is 47.1 Å². The van der Waals surface area contributed by atoms with E-state index < -0.39 is 30.4 Å². The molecule has 11 heteroatoms. The van der Waals surface area contributed by atoms with E-state index in [4.69, 9.17) is 23.3 Å². The van der Waals surface area contributed by atoms with Crippen LogP contribution in [0.1, 0.15) is 5.56 Å². The predicted octanol–water partition coefficient (Wildman–Crippen LogP) is 0.793. The van der Waals surface area contributed by atoms with Gasteiger partial charge in [0.25, 0.3) is 0 Å². The number of anilines is 2. The zero-order valence-electron chi connectivity index (χ0n) is 16.4. The molecule has 1 fully saturated rings. The third-order valence-corrected chi connectivity index (χ3v) is 5.09. The number of rotatable bonds is 7. The Hall–Kier alpha value is -3.63. The zero-order chi connectivity index (χ0) is 22.5. The molecule has 0 saturated carbocycles. The maximum atomic E-state index is 13.0. The number of carboxylic acids is 1. The number of aliphatic carboxylic acids is 1. The first-order chi connectivity index (χ1) is 14.8. The fraction of sp³-hybridized carbons (Fsp3) is 0.200. The highest BCUT2D eigenvalue weighted by molar-refractivity contribution is 6.31. The molecule has 1 atom stereocenters. The van der Waals surface area contributed by atoms with Gasteiger partial charge in [0.2, 0.25) is 11.8 Å². The van der Waals surface area contributed by atoms with Crippen LogP contribution >= 0.6 is 11.6 Å². The number of halogens is 1. The van der Waals surface area contributed by atoms with Gasteiger partial charge in [-0.05, 0) is 23.8 Å². The van der Waals surface area contributed by atoms with E-state index in [-0.39, 0.29) is 18.7 Å². The Balaban J connectivity index is 1.88. The van der Waals surface area contributed by atoms with E-state index in [1.165, 1.54) is 11.0 Å². The van der Waals surface area contributed by atoms with Gasteiger partial charge in [-0.15, -0.1) is 0 Å². The number of nitrogens with zero attached hydrogens (tertiary/aromatic N) is 4. The first-order valence-corrected chi connectivity index (χ1v) is 9.63. The molecule has 1 saturated heterocycles. The summed E-state index contributed by atoms with van der Waals surface area (Å²) in [5.41, 5.74) is 1.37. The van der Waals surface area contributed by atoms with Crippen molar-refractivity contribution in [1.29, 1.82) is 0 Å². The topological polar surface area (TPSA) is 146 Å². The van der Waals surface area contributed by atoms with Crippen LogP contribution in [0.25, 0.3) is 0 Å². The molecule has 1 heterocycles. The fourth-order valence-electron chi connectivity index (χ4n) is 3.37. The van der Waals surface area contributed by atoms with Crippen molar-refractivity contribution in [1.82, 2.24) is 4.90 Å². The number of carbonyl (C=O) groups is 3. The minimum Gasteiger partial charge on any atom is -0.480 e. The Kier molecular flexibility index (Phi) is 6.73. The summed E-state index contributed by atoms with van der Waals surface area (Å²) >= 11 is 6.08. The van der Waals surface area contributed by atoms with E-state index in [2.05, 4.69) is 5.10 Å². The number of hydrazone groups is 1. The molecule has 2 amide bonds. The molecule has 2 aromatic rings. The molecular formula is C20H21ClN6O4. The lowest BCUT2D eigenvalue weighted by atomic mass is 10.0. The van der Waals surface area contributed by atoms with Crippen LogP contribution in [-0.2, 0) is 20.8 Å². The summed E-state index contributed by atoms with van der Waals surface area (Å²) in [6, 6.07) is 12.3. The summed E-state index contributed by atoms with van der Waals surface area (Å²) in [7, 11) is 0. The van der Waals surface area contributed by atoms with Crippen molar-refractivity contribution in [2.45, 2.75) is 12.5 Å². The summed E-state index contributed by atoms with van der Waals surface area (Å²) in [4.78, 5) is 40.0. The number of nitrogens with two attached hydrogens (primary N) is 2. The van der Waals surface area contributed by atoms with Crippen LogP contribution in [0.15, 0.2) is 53.6 Å². The highest BCUT2D eigenvalue weighted by atomic mass is 35.5. The van der Waals surface area contributed by atoms with Crippen LogP contribution in [0.5, 0.6) is 0 Å². The van der Waals surface area contributed by atoms with Gasteiger partial charge < -0.3 is 15.8 Å². The lowest BCUT2D eigenvalue weighted by Crippen LogP contribution is -2.59. The SMILES string of the molecule is N/N=C\N(N)c1ccc(Cl)cc1N1CC(=O)N(C(Cc2ccccc2)C(=O)O)CC1=O. The summed E-state index contributed by atoms with van der Waals surface area (Å²) in [5.74, 6) is 8.87. The zero-order valence-corrected chi connectivity index (χ0v) is 17.1.